The molecule has 1 aromatic carbocycles. The van der Waals surface area contributed by atoms with Crippen molar-refractivity contribution in [1.82, 2.24) is 14.9 Å². The number of anilines is 1. The third-order valence-corrected chi connectivity index (χ3v) is 7.63. The van der Waals surface area contributed by atoms with Gasteiger partial charge < -0.3 is 24.0 Å². The predicted octanol–water partition coefficient (Wildman–Crippen LogP) is 7.44. The van der Waals surface area contributed by atoms with Crippen molar-refractivity contribution in [3.63, 3.8) is 0 Å². The first-order valence-corrected chi connectivity index (χ1v) is 15.5. The number of rotatable bonds is 13. The fraction of sp³-hybridized carbons (Fsp3) is 0.613. The van der Waals surface area contributed by atoms with Gasteiger partial charge in [0.05, 0.1) is 37.3 Å². The van der Waals surface area contributed by atoms with Crippen LogP contribution in [0.3, 0.4) is 0 Å². The van der Waals surface area contributed by atoms with Crippen LogP contribution in [0.4, 0.5) is 23.9 Å². The number of aromatic nitrogens is 2. The number of likely N-dealkylation sites (tertiary alicyclic amines) is 1. The maximum absolute atomic E-state index is 13.6. The van der Waals surface area contributed by atoms with Gasteiger partial charge in [0.1, 0.15) is 0 Å². The molecule has 13 heteroatoms. The Hall–Kier alpha value is -3.28. The van der Waals surface area contributed by atoms with E-state index < -0.39 is 11.7 Å². The number of ether oxygens (including phenoxy) is 3. The number of halogens is 4. The molecule has 244 valence electrons. The van der Waals surface area contributed by atoms with Crippen molar-refractivity contribution in [2.24, 2.45) is 0 Å². The molecule has 0 saturated carbocycles. The first-order valence-electron chi connectivity index (χ1n) is 15.1. The maximum atomic E-state index is 13.6. The van der Waals surface area contributed by atoms with Crippen molar-refractivity contribution in [2.45, 2.75) is 110 Å². The molecule has 1 amide bonds. The van der Waals surface area contributed by atoms with E-state index in [-0.39, 0.29) is 60.9 Å². The van der Waals surface area contributed by atoms with E-state index in [1.54, 1.807) is 20.8 Å². The van der Waals surface area contributed by atoms with Gasteiger partial charge in [-0.3, -0.25) is 4.79 Å². The Balaban J connectivity index is 1.90. The van der Waals surface area contributed by atoms with Crippen LogP contribution in [0.5, 0.6) is 5.75 Å². The molecule has 0 spiro atoms. The van der Waals surface area contributed by atoms with Gasteiger partial charge in [-0.1, -0.05) is 25.4 Å². The van der Waals surface area contributed by atoms with Gasteiger partial charge in [-0.15, -0.1) is 0 Å². The van der Waals surface area contributed by atoms with Crippen LogP contribution >= 0.6 is 11.6 Å². The number of piperidine rings is 1. The Morgan fingerprint density at radius 3 is 2.25 bits per heavy atom. The number of esters is 1. The molecule has 1 aliphatic rings. The molecule has 0 bridgehead atoms. The Bertz CT molecular complexity index is 1220. The van der Waals surface area contributed by atoms with E-state index in [0.29, 0.717) is 56.0 Å². The Kier molecular flexibility index (Phi) is 12.9. The monoisotopic (exact) mass is 642 g/mol. The van der Waals surface area contributed by atoms with Gasteiger partial charge in [0.2, 0.25) is 5.95 Å². The summed E-state index contributed by atoms with van der Waals surface area (Å²) >= 11 is 6.12. The van der Waals surface area contributed by atoms with Crippen LogP contribution in [0.15, 0.2) is 30.6 Å². The van der Waals surface area contributed by atoms with Crippen LogP contribution in [0.1, 0.15) is 84.3 Å². The van der Waals surface area contributed by atoms with Gasteiger partial charge in [0.15, 0.2) is 5.75 Å². The molecule has 0 unspecified atom stereocenters. The van der Waals surface area contributed by atoms with Crippen molar-refractivity contribution < 1.29 is 37.0 Å². The van der Waals surface area contributed by atoms with Crippen molar-refractivity contribution in [1.29, 1.82) is 0 Å². The molecule has 0 N–H and O–H groups in total. The highest BCUT2D eigenvalue weighted by Gasteiger charge is 2.41. The summed E-state index contributed by atoms with van der Waals surface area (Å²) in [6.45, 7) is 9.99. The van der Waals surface area contributed by atoms with Gasteiger partial charge >= 0.3 is 18.2 Å². The standard InChI is InChI=1S/C31H42ClF3N4O5/c1-6-24-15-26(16-25(7-2)39(24)30(41)44-20(4)5)38(19-21-12-22(31(33,34)35)14-23(32)13-21)29-36-17-27(18-37-29)43-11-9-10-28(40)42-8-3/h12-14,17-18,20,24-26H,6-11,15-16,19H2,1-5H3/t24-,25+,26+. The minimum atomic E-state index is -4.56. The molecule has 2 aromatic rings. The van der Waals surface area contributed by atoms with E-state index in [9.17, 15) is 22.8 Å². The van der Waals surface area contributed by atoms with Crippen molar-refractivity contribution in [3.8, 4) is 5.75 Å². The molecule has 2 heterocycles. The van der Waals surface area contributed by atoms with Gasteiger partial charge in [-0.05, 0) is 76.6 Å². The zero-order chi connectivity index (χ0) is 32.4. The lowest BCUT2D eigenvalue weighted by Crippen LogP contribution is -2.57. The molecule has 1 aliphatic heterocycles. The number of carbonyl (C=O) groups is 2. The first-order chi connectivity index (χ1) is 20.9. The number of hydrogen-bond acceptors (Lipinski definition) is 8. The number of benzene rings is 1. The minimum Gasteiger partial charge on any atom is -0.490 e. The quantitative estimate of drug-likeness (QED) is 0.164. The molecule has 1 saturated heterocycles. The fourth-order valence-electron chi connectivity index (χ4n) is 5.43. The fourth-order valence-corrected chi connectivity index (χ4v) is 5.69. The third kappa shape index (κ3) is 9.87. The third-order valence-electron chi connectivity index (χ3n) is 7.41. The van der Waals surface area contributed by atoms with Crippen molar-refractivity contribution in [3.05, 3.63) is 46.7 Å². The second-order valence-electron chi connectivity index (χ2n) is 11.0. The molecular formula is C31H42ClF3N4O5. The van der Waals surface area contributed by atoms with Crippen molar-refractivity contribution in [2.75, 3.05) is 18.1 Å². The summed E-state index contributed by atoms with van der Waals surface area (Å²) in [5.41, 5.74) is -0.480. The Morgan fingerprint density at radius 1 is 1.07 bits per heavy atom. The average Bonchev–Trinajstić information content (AvgIpc) is 2.96. The number of hydrogen-bond donors (Lipinski definition) is 0. The van der Waals surface area contributed by atoms with E-state index in [2.05, 4.69) is 9.97 Å². The molecule has 1 fully saturated rings. The summed E-state index contributed by atoms with van der Waals surface area (Å²) in [7, 11) is 0. The van der Waals surface area contributed by atoms with E-state index >= 15 is 0 Å². The largest absolute Gasteiger partial charge is 0.490 e. The lowest BCUT2D eigenvalue weighted by molar-refractivity contribution is -0.143. The summed E-state index contributed by atoms with van der Waals surface area (Å²) in [6.07, 6.45) is 0.918. The normalized spacial score (nSPS) is 18.7. The van der Waals surface area contributed by atoms with Crippen LogP contribution in [0.2, 0.25) is 5.02 Å². The number of amides is 1. The summed E-state index contributed by atoms with van der Waals surface area (Å²) in [6, 6.07) is 2.99. The molecule has 9 nitrogen and oxygen atoms in total. The topological polar surface area (TPSA) is 94.1 Å². The highest BCUT2D eigenvalue weighted by atomic mass is 35.5. The SMILES string of the molecule is CCOC(=O)CCCOc1cnc(N(Cc2cc(Cl)cc(C(F)(F)F)c2)[C@H]2C[C@@H](CC)N(C(=O)OC(C)C)[C@@H](CC)C2)nc1. The minimum absolute atomic E-state index is 0.0219. The summed E-state index contributed by atoms with van der Waals surface area (Å²) in [5, 5.41) is -0.0219. The molecule has 1 aromatic heterocycles. The van der Waals surface area contributed by atoms with E-state index in [1.807, 2.05) is 23.6 Å². The van der Waals surface area contributed by atoms with Crippen LogP contribution in [-0.2, 0) is 27.0 Å². The molecule has 0 aliphatic carbocycles. The summed E-state index contributed by atoms with van der Waals surface area (Å²) in [4.78, 5) is 37.4. The average molecular weight is 643 g/mol. The predicted molar refractivity (Wildman–Crippen MR) is 161 cm³/mol. The zero-order valence-corrected chi connectivity index (χ0v) is 26.7. The lowest BCUT2D eigenvalue weighted by atomic mass is 9.87. The molecule has 0 radical (unpaired) electrons. The van der Waals surface area contributed by atoms with E-state index in [0.717, 1.165) is 12.1 Å². The van der Waals surface area contributed by atoms with Gasteiger partial charge in [-0.25, -0.2) is 14.8 Å². The molecular weight excluding hydrogens is 601 g/mol. The highest BCUT2D eigenvalue weighted by molar-refractivity contribution is 6.30. The number of nitrogens with zero attached hydrogens (tertiary/aromatic N) is 4. The van der Waals surface area contributed by atoms with Crippen LogP contribution in [-0.4, -0.2) is 64.4 Å². The smallest absolute Gasteiger partial charge is 0.416 e. The van der Waals surface area contributed by atoms with Crippen LogP contribution < -0.4 is 9.64 Å². The molecule has 3 atom stereocenters. The second-order valence-corrected chi connectivity index (χ2v) is 11.5. The first kappa shape index (κ1) is 35.2. The zero-order valence-electron chi connectivity index (χ0n) is 25.9. The molecule has 44 heavy (non-hydrogen) atoms. The molecule has 3 rings (SSSR count). The summed E-state index contributed by atoms with van der Waals surface area (Å²) in [5.74, 6) is 0.404. The van der Waals surface area contributed by atoms with E-state index in [1.165, 1.54) is 18.5 Å². The summed E-state index contributed by atoms with van der Waals surface area (Å²) < 4.78 is 57.1. The Labute approximate surface area is 262 Å². The lowest BCUT2D eigenvalue weighted by Gasteiger charge is -2.47. The maximum Gasteiger partial charge on any atom is 0.416 e. The highest BCUT2D eigenvalue weighted by Crippen LogP contribution is 2.36. The second kappa shape index (κ2) is 16.2. The van der Waals surface area contributed by atoms with Gasteiger partial charge in [0, 0.05) is 36.1 Å². The number of alkyl halides is 3. The Morgan fingerprint density at radius 2 is 1.70 bits per heavy atom. The van der Waals surface area contributed by atoms with E-state index in [4.69, 9.17) is 25.8 Å². The van der Waals surface area contributed by atoms with Gasteiger partial charge in [-0.2, -0.15) is 13.2 Å². The van der Waals surface area contributed by atoms with Crippen LogP contribution in [0.25, 0.3) is 0 Å². The van der Waals surface area contributed by atoms with Gasteiger partial charge in [0.25, 0.3) is 0 Å². The van der Waals surface area contributed by atoms with Crippen molar-refractivity contribution >= 4 is 29.6 Å². The van der Waals surface area contributed by atoms with Crippen LogP contribution in [0, 0.1) is 0 Å². The number of carbonyl (C=O) groups excluding carboxylic acids is 2.